The molecule has 2 rings (SSSR count). The Balaban J connectivity index is 2.20. The number of hydrogen-bond donors (Lipinski definition) is 2. The fraction of sp³-hybridized carbons (Fsp3) is 0. The van der Waals surface area contributed by atoms with Crippen molar-refractivity contribution in [1.82, 2.24) is 4.72 Å². The third kappa shape index (κ3) is 3.92. The van der Waals surface area contributed by atoms with Gasteiger partial charge in [-0.3, -0.25) is 4.79 Å². The zero-order chi connectivity index (χ0) is 16.3. The van der Waals surface area contributed by atoms with Crippen LogP contribution in [0.25, 0.3) is 0 Å². The fourth-order valence-electron chi connectivity index (χ4n) is 1.58. The maximum atomic E-state index is 12.0. The molecule has 1 amide bonds. The molecule has 6 nitrogen and oxygen atoms in total. The van der Waals surface area contributed by atoms with E-state index < -0.39 is 27.0 Å². The molecule has 116 valence electrons. The van der Waals surface area contributed by atoms with Gasteiger partial charge < -0.3 is 4.55 Å². The summed E-state index contributed by atoms with van der Waals surface area (Å²) in [7, 11) is -4.02. The number of amides is 1. The van der Waals surface area contributed by atoms with Crippen molar-refractivity contribution in [2.24, 2.45) is 0 Å². The molecule has 2 N–H and O–H groups in total. The third-order valence-electron chi connectivity index (χ3n) is 2.67. The van der Waals surface area contributed by atoms with Crippen LogP contribution < -0.4 is 4.72 Å². The summed E-state index contributed by atoms with van der Waals surface area (Å²) >= 11 is 3.51. The smallest absolute Gasteiger partial charge is 0.264 e. The van der Waals surface area contributed by atoms with Gasteiger partial charge in [0.05, 0.1) is 9.79 Å². The van der Waals surface area contributed by atoms with Gasteiger partial charge in [0, 0.05) is 10.6 Å². The number of carbonyl (C=O) groups is 1. The molecule has 0 aliphatic carbocycles. The summed E-state index contributed by atoms with van der Waals surface area (Å²) in [6.07, 6.45) is 0. The average molecular weight is 360 g/mol. The van der Waals surface area contributed by atoms with Crippen molar-refractivity contribution in [3.05, 3.63) is 59.1 Å². The molecule has 0 aliphatic heterocycles. The molecule has 0 aromatic heterocycles. The monoisotopic (exact) mass is 359 g/mol. The van der Waals surface area contributed by atoms with E-state index >= 15 is 0 Å². The normalized spacial score (nSPS) is 12.6. The van der Waals surface area contributed by atoms with Crippen molar-refractivity contribution in [2.75, 3.05) is 0 Å². The Morgan fingerprint density at radius 2 is 1.59 bits per heavy atom. The summed E-state index contributed by atoms with van der Waals surface area (Å²) in [4.78, 5) is 11.9. The van der Waals surface area contributed by atoms with Gasteiger partial charge in [0.15, 0.2) is 11.1 Å². The van der Waals surface area contributed by atoms with E-state index in [4.69, 9.17) is 16.2 Å². The Morgan fingerprint density at radius 3 is 2.09 bits per heavy atom. The summed E-state index contributed by atoms with van der Waals surface area (Å²) in [5, 5.41) is 0.373. The molecule has 0 fully saturated rings. The van der Waals surface area contributed by atoms with Crippen LogP contribution in [0.4, 0.5) is 0 Å². The van der Waals surface area contributed by atoms with Gasteiger partial charge in [-0.25, -0.2) is 17.3 Å². The lowest BCUT2D eigenvalue weighted by atomic mass is 10.2. The molecular formula is C13H10ClNO5S2. The quantitative estimate of drug-likeness (QED) is 0.813. The Labute approximate surface area is 134 Å². The maximum Gasteiger partial charge on any atom is 0.264 e. The molecule has 0 spiro atoms. The van der Waals surface area contributed by atoms with E-state index in [1.165, 1.54) is 48.5 Å². The van der Waals surface area contributed by atoms with Crippen molar-refractivity contribution in [3.8, 4) is 0 Å². The van der Waals surface area contributed by atoms with Crippen LogP contribution in [0.5, 0.6) is 0 Å². The molecule has 1 unspecified atom stereocenters. The van der Waals surface area contributed by atoms with Crippen molar-refractivity contribution in [1.29, 1.82) is 0 Å². The maximum absolute atomic E-state index is 12.0. The van der Waals surface area contributed by atoms with Crippen molar-refractivity contribution in [2.45, 2.75) is 9.79 Å². The van der Waals surface area contributed by atoms with E-state index in [9.17, 15) is 17.4 Å². The van der Waals surface area contributed by atoms with Gasteiger partial charge in [-0.2, -0.15) is 0 Å². The topological polar surface area (TPSA) is 101 Å². The number of hydrogen-bond acceptors (Lipinski definition) is 4. The van der Waals surface area contributed by atoms with E-state index in [0.29, 0.717) is 5.02 Å². The second-order valence-electron chi connectivity index (χ2n) is 4.16. The highest BCUT2D eigenvalue weighted by atomic mass is 35.5. The molecule has 2 aromatic rings. The first-order chi connectivity index (χ1) is 10.3. The minimum atomic E-state index is -4.02. The Morgan fingerprint density at radius 1 is 1.05 bits per heavy atom. The zero-order valence-corrected chi connectivity index (χ0v) is 13.3. The minimum Gasteiger partial charge on any atom is -0.302 e. The second kappa shape index (κ2) is 6.57. The molecule has 0 saturated heterocycles. The molecular weight excluding hydrogens is 350 g/mol. The molecule has 1 atom stereocenters. The van der Waals surface area contributed by atoms with Gasteiger partial charge in [0.1, 0.15) is 0 Å². The molecule has 0 bridgehead atoms. The van der Waals surface area contributed by atoms with Crippen LogP contribution in [-0.2, 0) is 21.1 Å². The summed E-state index contributed by atoms with van der Waals surface area (Å²) in [5.41, 5.74) is 0.0479. The molecule has 0 aliphatic rings. The van der Waals surface area contributed by atoms with Gasteiger partial charge in [-0.05, 0) is 48.5 Å². The highest BCUT2D eigenvalue weighted by molar-refractivity contribution is 7.90. The van der Waals surface area contributed by atoms with Crippen molar-refractivity contribution < 1.29 is 22.0 Å². The third-order valence-corrected chi connectivity index (χ3v) is 4.94. The number of halogens is 1. The van der Waals surface area contributed by atoms with Gasteiger partial charge in [-0.15, -0.1) is 0 Å². The lowest BCUT2D eigenvalue weighted by Gasteiger charge is -2.07. The first-order valence-corrected chi connectivity index (χ1v) is 8.80. The highest BCUT2D eigenvalue weighted by Gasteiger charge is 2.18. The predicted octanol–water partition coefficient (Wildman–Crippen LogP) is 2.04. The number of benzene rings is 2. The van der Waals surface area contributed by atoms with Gasteiger partial charge in [0.2, 0.25) is 0 Å². The first-order valence-electron chi connectivity index (χ1n) is 5.83. The zero-order valence-electron chi connectivity index (χ0n) is 10.9. The summed E-state index contributed by atoms with van der Waals surface area (Å²) in [6.45, 7) is 0. The number of nitrogens with one attached hydrogen (secondary N) is 1. The Hall–Kier alpha value is -1.74. The molecule has 22 heavy (non-hydrogen) atoms. The lowest BCUT2D eigenvalue weighted by molar-refractivity contribution is 0.0981. The molecule has 2 aromatic carbocycles. The Kier molecular flexibility index (Phi) is 4.97. The van der Waals surface area contributed by atoms with E-state index in [1.54, 1.807) is 0 Å². The molecule has 9 heteroatoms. The number of carbonyl (C=O) groups excluding carboxylic acids is 1. The van der Waals surface area contributed by atoms with Crippen LogP contribution in [-0.4, -0.2) is 23.1 Å². The lowest BCUT2D eigenvalue weighted by Crippen LogP contribution is -2.30. The van der Waals surface area contributed by atoms with E-state index in [0.717, 1.165) is 0 Å². The summed E-state index contributed by atoms with van der Waals surface area (Å²) < 4.78 is 45.7. The van der Waals surface area contributed by atoms with Crippen molar-refractivity contribution >= 4 is 38.6 Å². The van der Waals surface area contributed by atoms with E-state index in [2.05, 4.69) is 0 Å². The SMILES string of the molecule is O=C(NS(=O)(=O)c1ccc(Cl)cc1)c1ccc(S(=O)O)cc1. The highest BCUT2D eigenvalue weighted by Crippen LogP contribution is 2.14. The van der Waals surface area contributed by atoms with Crippen LogP contribution in [0.1, 0.15) is 10.4 Å². The van der Waals surface area contributed by atoms with Crippen LogP contribution in [0.3, 0.4) is 0 Å². The molecule has 0 radical (unpaired) electrons. The van der Waals surface area contributed by atoms with E-state index in [-0.39, 0.29) is 15.4 Å². The second-order valence-corrected chi connectivity index (χ2v) is 7.25. The van der Waals surface area contributed by atoms with Crippen LogP contribution in [0, 0.1) is 0 Å². The molecule has 0 saturated carbocycles. The van der Waals surface area contributed by atoms with E-state index in [1.807, 2.05) is 4.72 Å². The summed E-state index contributed by atoms with van der Waals surface area (Å²) in [5.74, 6) is -0.842. The standard InChI is InChI=1S/C13H10ClNO5S2/c14-10-3-7-12(8-4-10)22(19,20)15-13(16)9-1-5-11(6-2-9)21(17)18/h1-8H,(H,15,16)(H,17,18). The summed E-state index contributed by atoms with van der Waals surface area (Å²) in [6, 6.07) is 10.4. The molecule has 0 heterocycles. The van der Waals surface area contributed by atoms with Gasteiger partial charge >= 0.3 is 0 Å². The van der Waals surface area contributed by atoms with Crippen molar-refractivity contribution in [3.63, 3.8) is 0 Å². The Bertz CT molecular complexity index is 817. The van der Waals surface area contributed by atoms with Gasteiger partial charge in [0.25, 0.3) is 15.9 Å². The van der Waals surface area contributed by atoms with Crippen LogP contribution in [0.2, 0.25) is 5.02 Å². The first kappa shape index (κ1) is 16.6. The number of rotatable bonds is 4. The largest absolute Gasteiger partial charge is 0.302 e. The minimum absolute atomic E-state index is 0.0479. The predicted molar refractivity (Wildman–Crippen MR) is 81.6 cm³/mol. The van der Waals surface area contributed by atoms with Crippen LogP contribution in [0.15, 0.2) is 58.3 Å². The average Bonchev–Trinajstić information content (AvgIpc) is 2.47. The van der Waals surface area contributed by atoms with Crippen LogP contribution >= 0.6 is 11.6 Å². The number of sulfonamides is 1. The fourth-order valence-corrected chi connectivity index (χ4v) is 3.05. The van der Waals surface area contributed by atoms with Gasteiger partial charge in [-0.1, -0.05) is 11.6 Å².